The van der Waals surface area contributed by atoms with E-state index in [1.807, 2.05) is 13.0 Å². The second kappa shape index (κ2) is 8.41. The highest BCUT2D eigenvalue weighted by atomic mass is 16.5. The largest absolute Gasteiger partial charge is 0.504 e. The maximum Gasteiger partial charge on any atom is 0.266 e. The molecule has 2 aromatic carbocycles. The molecule has 25 heavy (non-hydrogen) atoms. The molecular formula is C19H18N2O4. The number of rotatable bonds is 6. The summed E-state index contributed by atoms with van der Waals surface area (Å²) in [7, 11) is 1.44. The van der Waals surface area contributed by atoms with Crippen LogP contribution < -0.4 is 14.8 Å². The lowest BCUT2D eigenvalue weighted by atomic mass is 10.1. The zero-order valence-corrected chi connectivity index (χ0v) is 13.9. The number of nitrogens with zero attached hydrogens (tertiary/aromatic N) is 1. The minimum Gasteiger partial charge on any atom is -0.504 e. The number of phenolic OH excluding ortho intramolecular Hbond substituents is 1. The first-order valence-electron chi connectivity index (χ1n) is 7.60. The summed E-state index contributed by atoms with van der Waals surface area (Å²) >= 11 is 0. The monoisotopic (exact) mass is 338 g/mol. The van der Waals surface area contributed by atoms with Gasteiger partial charge < -0.3 is 19.9 Å². The second-order valence-electron chi connectivity index (χ2n) is 5.01. The van der Waals surface area contributed by atoms with E-state index in [9.17, 15) is 15.2 Å². The highest BCUT2D eigenvalue weighted by molar-refractivity contribution is 6.09. The molecule has 0 radical (unpaired) electrons. The Balaban J connectivity index is 2.15. The molecule has 0 aliphatic heterocycles. The van der Waals surface area contributed by atoms with Crippen LogP contribution in [0.15, 0.2) is 48.0 Å². The molecule has 0 aromatic heterocycles. The number of aromatic hydroxyl groups is 1. The lowest BCUT2D eigenvalue weighted by Crippen LogP contribution is -2.13. The number of nitrogens with one attached hydrogen (secondary N) is 1. The average molecular weight is 338 g/mol. The van der Waals surface area contributed by atoms with Crippen LogP contribution in [0.5, 0.6) is 17.2 Å². The standard InChI is InChI=1S/C19H18N2O4/c1-3-25-16-7-5-15(6-8-16)21-19(23)14(12-20)10-13-4-9-18(24-2)17(22)11-13/h4-11,22H,3H2,1-2H3,(H,21,23)/b14-10+. The van der Waals surface area contributed by atoms with E-state index in [1.165, 1.54) is 19.3 Å². The number of nitriles is 1. The molecule has 0 aliphatic carbocycles. The van der Waals surface area contributed by atoms with Gasteiger partial charge in [-0.05, 0) is 55.0 Å². The van der Waals surface area contributed by atoms with Gasteiger partial charge >= 0.3 is 0 Å². The Kier molecular flexibility index (Phi) is 6.02. The molecule has 0 aliphatic rings. The van der Waals surface area contributed by atoms with E-state index in [1.54, 1.807) is 36.4 Å². The Hall–Kier alpha value is -3.46. The maximum atomic E-state index is 12.2. The van der Waals surface area contributed by atoms with Crippen LogP contribution in [0.2, 0.25) is 0 Å². The van der Waals surface area contributed by atoms with Crippen LogP contribution in [0.4, 0.5) is 5.69 Å². The highest BCUT2D eigenvalue weighted by Gasteiger charge is 2.10. The summed E-state index contributed by atoms with van der Waals surface area (Å²) in [5.41, 5.74) is 0.974. The number of ether oxygens (including phenoxy) is 2. The number of hydrogen-bond donors (Lipinski definition) is 2. The Morgan fingerprint density at radius 1 is 1.28 bits per heavy atom. The first kappa shape index (κ1) is 17.9. The van der Waals surface area contributed by atoms with Crippen LogP contribution in [-0.2, 0) is 4.79 Å². The molecule has 0 saturated heterocycles. The zero-order valence-electron chi connectivity index (χ0n) is 13.9. The third-order valence-electron chi connectivity index (χ3n) is 3.30. The van der Waals surface area contributed by atoms with E-state index in [0.29, 0.717) is 29.4 Å². The topological polar surface area (TPSA) is 91.6 Å². The van der Waals surface area contributed by atoms with Gasteiger partial charge in [-0.3, -0.25) is 4.79 Å². The molecule has 6 heteroatoms. The van der Waals surface area contributed by atoms with Crippen molar-refractivity contribution in [1.29, 1.82) is 5.26 Å². The van der Waals surface area contributed by atoms with Gasteiger partial charge in [0.15, 0.2) is 11.5 Å². The fourth-order valence-electron chi connectivity index (χ4n) is 2.11. The van der Waals surface area contributed by atoms with Crippen molar-refractivity contribution in [2.24, 2.45) is 0 Å². The van der Waals surface area contributed by atoms with Crippen LogP contribution in [0.25, 0.3) is 6.08 Å². The Morgan fingerprint density at radius 2 is 2.00 bits per heavy atom. The molecular weight excluding hydrogens is 320 g/mol. The maximum absolute atomic E-state index is 12.2. The number of benzene rings is 2. The molecule has 0 atom stereocenters. The lowest BCUT2D eigenvalue weighted by molar-refractivity contribution is -0.112. The second-order valence-corrected chi connectivity index (χ2v) is 5.01. The molecule has 1 amide bonds. The number of phenols is 1. The Labute approximate surface area is 145 Å². The zero-order chi connectivity index (χ0) is 18.2. The highest BCUT2D eigenvalue weighted by Crippen LogP contribution is 2.27. The van der Waals surface area contributed by atoms with Gasteiger partial charge in [-0.1, -0.05) is 6.07 Å². The third kappa shape index (κ3) is 4.75. The van der Waals surface area contributed by atoms with Gasteiger partial charge in [0, 0.05) is 5.69 Å². The minimum absolute atomic E-state index is 0.0690. The van der Waals surface area contributed by atoms with Crippen molar-refractivity contribution in [2.45, 2.75) is 6.92 Å². The fraction of sp³-hybridized carbons (Fsp3) is 0.158. The molecule has 0 unspecified atom stereocenters. The number of methoxy groups -OCH3 is 1. The quantitative estimate of drug-likeness (QED) is 0.622. The first-order valence-corrected chi connectivity index (χ1v) is 7.60. The van der Waals surface area contributed by atoms with Crippen LogP contribution in [0.3, 0.4) is 0 Å². The first-order chi connectivity index (χ1) is 12.1. The van der Waals surface area contributed by atoms with Gasteiger partial charge in [-0.2, -0.15) is 5.26 Å². The van der Waals surface area contributed by atoms with Crippen LogP contribution >= 0.6 is 0 Å². The summed E-state index contributed by atoms with van der Waals surface area (Å²) in [4.78, 5) is 12.2. The Bertz CT molecular complexity index is 820. The van der Waals surface area contributed by atoms with E-state index in [4.69, 9.17) is 9.47 Å². The molecule has 2 rings (SSSR count). The molecule has 128 valence electrons. The van der Waals surface area contributed by atoms with Crippen molar-refractivity contribution < 1.29 is 19.4 Å². The van der Waals surface area contributed by atoms with Gasteiger partial charge in [-0.15, -0.1) is 0 Å². The molecule has 0 spiro atoms. The number of amides is 1. The van der Waals surface area contributed by atoms with Crippen molar-refractivity contribution >= 4 is 17.7 Å². The molecule has 0 heterocycles. The molecule has 6 nitrogen and oxygen atoms in total. The minimum atomic E-state index is -0.540. The third-order valence-corrected chi connectivity index (χ3v) is 3.30. The predicted molar refractivity (Wildman–Crippen MR) is 94.5 cm³/mol. The fourth-order valence-corrected chi connectivity index (χ4v) is 2.11. The normalized spacial score (nSPS) is 10.7. The number of carbonyl (C=O) groups is 1. The lowest BCUT2D eigenvalue weighted by Gasteiger charge is -2.07. The van der Waals surface area contributed by atoms with E-state index < -0.39 is 5.91 Å². The molecule has 2 aromatic rings. The van der Waals surface area contributed by atoms with Gasteiger partial charge in [0.2, 0.25) is 0 Å². The SMILES string of the molecule is CCOc1ccc(NC(=O)/C(C#N)=C/c2ccc(OC)c(O)c2)cc1. The van der Waals surface area contributed by atoms with Gasteiger partial charge in [0.1, 0.15) is 17.4 Å². The predicted octanol–water partition coefficient (Wildman–Crippen LogP) is 3.35. The van der Waals surface area contributed by atoms with Gasteiger partial charge in [0.25, 0.3) is 5.91 Å². The van der Waals surface area contributed by atoms with E-state index in [0.717, 1.165) is 0 Å². The number of hydrogen-bond acceptors (Lipinski definition) is 5. The van der Waals surface area contributed by atoms with Gasteiger partial charge in [-0.25, -0.2) is 0 Å². The van der Waals surface area contributed by atoms with Crippen LogP contribution in [0, 0.1) is 11.3 Å². The van der Waals surface area contributed by atoms with E-state index >= 15 is 0 Å². The molecule has 0 fully saturated rings. The summed E-state index contributed by atoms with van der Waals surface area (Å²) in [6.45, 7) is 2.44. The molecule has 0 bridgehead atoms. The van der Waals surface area contributed by atoms with Crippen molar-refractivity contribution in [3.05, 3.63) is 53.6 Å². The summed E-state index contributed by atoms with van der Waals surface area (Å²) in [6, 6.07) is 13.3. The van der Waals surface area contributed by atoms with Crippen molar-refractivity contribution in [1.82, 2.24) is 0 Å². The number of anilines is 1. The number of carbonyl (C=O) groups excluding carboxylic acids is 1. The smallest absolute Gasteiger partial charge is 0.266 e. The Morgan fingerprint density at radius 3 is 2.56 bits per heavy atom. The summed E-state index contributed by atoms with van der Waals surface area (Å²) in [5, 5.41) is 21.7. The van der Waals surface area contributed by atoms with E-state index in [-0.39, 0.29) is 11.3 Å². The molecule has 0 saturated carbocycles. The summed E-state index contributed by atoms with van der Waals surface area (Å²) in [6.07, 6.45) is 1.39. The van der Waals surface area contributed by atoms with Crippen LogP contribution in [0.1, 0.15) is 12.5 Å². The van der Waals surface area contributed by atoms with Crippen molar-refractivity contribution in [2.75, 3.05) is 19.0 Å². The van der Waals surface area contributed by atoms with Gasteiger partial charge in [0.05, 0.1) is 13.7 Å². The molecule has 2 N–H and O–H groups in total. The summed E-state index contributed by atoms with van der Waals surface area (Å²) < 4.78 is 10.3. The van der Waals surface area contributed by atoms with Crippen molar-refractivity contribution in [3.8, 4) is 23.3 Å². The van der Waals surface area contributed by atoms with Crippen molar-refractivity contribution in [3.63, 3.8) is 0 Å². The summed E-state index contributed by atoms with van der Waals surface area (Å²) in [5.74, 6) is 0.405. The average Bonchev–Trinajstić information content (AvgIpc) is 2.61. The van der Waals surface area contributed by atoms with Crippen LogP contribution in [-0.4, -0.2) is 24.7 Å². The van der Waals surface area contributed by atoms with E-state index in [2.05, 4.69) is 5.32 Å².